The predicted molar refractivity (Wildman–Crippen MR) is 153 cm³/mol. The zero-order valence-corrected chi connectivity index (χ0v) is 24.0. The number of pyridine rings is 1. The molecule has 5 heterocycles. The van der Waals surface area contributed by atoms with Crippen LogP contribution >= 0.6 is 11.6 Å². The maximum absolute atomic E-state index is 11.7. The average molecular weight is 592 g/mol. The van der Waals surface area contributed by atoms with Crippen molar-refractivity contribution in [2.24, 2.45) is 0 Å². The summed E-state index contributed by atoms with van der Waals surface area (Å²) in [7, 11) is 0. The summed E-state index contributed by atoms with van der Waals surface area (Å²) in [5, 5.41) is 21.8. The minimum Gasteiger partial charge on any atom is -0.478 e. The number of para-hydroxylation sites is 1. The summed E-state index contributed by atoms with van der Waals surface area (Å²) < 4.78 is 20.2. The lowest BCUT2D eigenvalue weighted by atomic mass is 9.88. The number of nitrogens with zero attached hydrogens (tertiary/aromatic N) is 4. The smallest absolute Gasteiger partial charge is 0.335 e. The van der Waals surface area contributed by atoms with Crippen LogP contribution in [0, 0.1) is 0 Å². The number of hydrogen-bond acceptors (Lipinski definition) is 7. The van der Waals surface area contributed by atoms with Crippen molar-refractivity contribution in [3.63, 3.8) is 0 Å². The molecular formula is C31H32ClN4O6+. The van der Waals surface area contributed by atoms with Crippen LogP contribution in [0.2, 0.25) is 5.02 Å². The Bertz CT molecular complexity index is 1660. The molecule has 2 N–H and O–H groups in total. The highest BCUT2D eigenvalue weighted by molar-refractivity contribution is 6.30. The first kappa shape index (κ1) is 27.2. The van der Waals surface area contributed by atoms with Crippen LogP contribution in [0.3, 0.4) is 0 Å². The second-order valence-electron chi connectivity index (χ2n) is 11.6. The number of carboxylic acids is 1. The van der Waals surface area contributed by atoms with Crippen LogP contribution < -0.4 is 9.47 Å². The van der Waals surface area contributed by atoms with Crippen molar-refractivity contribution in [2.75, 3.05) is 19.7 Å². The first-order chi connectivity index (χ1) is 20.2. The number of hydrogen-bond donors (Lipinski definition) is 2. The van der Waals surface area contributed by atoms with E-state index in [1.54, 1.807) is 36.5 Å². The Kier molecular flexibility index (Phi) is 6.62. The molecule has 0 amide bonds. The predicted octanol–water partition coefficient (Wildman–Crippen LogP) is 5.50. The Morgan fingerprint density at radius 3 is 2.64 bits per heavy atom. The molecule has 3 aliphatic rings. The number of quaternary nitrogens is 1. The molecule has 0 saturated carbocycles. The van der Waals surface area contributed by atoms with E-state index >= 15 is 0 Å². The average Bonchev–Trinajstić information content (AvgIpc) is 3.47. The highest BCUT2D eigenvalue weighted by atomic mass is 35.5. The standard InChI is InChI=1S/C31H31ClN4O6/c1-31(27-8-6-21(32)16-33-27)41-26-4-2-3-23(29(26)42-31)19-9-12-36(39,13-10-19)18-28-34-24-7-5-20(30(37)38)15-25(24)35(28)17-22-11-14-40-22/h2-8,15-16,19,22,39H,9-14,17-18H2,1H3/p+1/t19?,22-,31-,36?/m0/s1. The lowest BCUT2D eigenvalue weighted by Crippen LogP contribution is -2.50. The van der Waals surface area contributed by atoms with Crippen molar-refractivity contribution in [1.82, 2.24) is 14.5 Å². The Morgan fingerprint density at radius 1 is 1.14 bits per heavy atom. The molecule has 0 unspecified atom stereocenters. The van der Waals surface area contributed by atoms with Gasteiger partial charge in [-0.1, -0.05) is 23.7 Å². The molecule has 10 nitrogen and oxygen atoms in total. The molecule has 0 radical (unpaired) electrons. The maximum atomic E-state index is 11.7. The van der Waals surface area contributed by atoms with Crippen LogP contribution in [-0.2, 0) is 23.6 Å². The van der Waals surface area contributed by atoms with Crippen LogP contribution in [0.4, 0.5) is 0 Å². The first-order valence-corrected chi connectivity index (χ1v) is 14.6. The Labute approximate surface area is 247 Å². The number of halogens is 1. The fraction of sp³-hybridized carbons (Fsp3) is 0.387. The molecule has 2 aromatic carbocycles. The van der Waals surface area contributed by atoms with Gasteiger partial charge in [-0.05, 0) is 48.7 Å². The van der Waals surface area contributed by atoms with E-state index in [1.165, 1.54) is 0 Å². The molecule has 2 saturated heterocycles. The van der Waals surface area contributed by atoms with Gasteiger partial charge in [-0.25, -0.2) is 15.0 Å². The normalized spacial score (nSPS) is 26.7. The van der Waals surface area contributed by atoms with Crippen molar-refractivity contribution in [3.05, 3.63) is 82.4 Å². The molecule has 3 aliphatic heterocycles. The molecule has 0 spiro atoms. The van der Waals surface area contributed by atoms with Crippen LogP contribution in [0.25, 0.3) is 11.0 Å². The lowest BCUT2D eigenvalue weighted by Gasteiger charge is -2.37. The molecule has 2 atom stereocenters. The van der Waals surface area contributed by atoms with Crippen molar-refractivity contribution in [1.29, 1.82) is 0 Å². The monoisotopic (exact) mass is 591 g/mol. The summed E-state index contributed by atoms with van der Waals surface area (Å²) in [5.74, 6) is 0.268. The molecule has 218 valence electrons. The third-order valence-corrected chi connectivity index (χ3v) is 8.94. The van der Waals surface area contributed by atoms with E-state index in [2.05, 4.69) is 11.1 Å². The summed E-state index contributed by atoms with van der Waals surface area (Å²) in [6.07, 6.45) is 4.09. The van der Waals surface area contributed by atoms with Gasteiger partial charge >= 0.3 is 5.97 Å². The first-order valence-electron chi connectivity index (χ1n) is 14.3. The molecular weight excluding hydrogens is 560 g/mol. The number of likely N-dealkylation sites (tertiary alicyclic amines) is 1. The van der Waals surface area contributed by atoms with E-state index < -0.39 is 11.8 Å². The van der Waals surface area contributed by atoms with E-state index in [9.17, 15) is 15.1 Å². The maximum Gasteiger partial charge on any atom is 0.335 e. The molecule has 2 fully saturated rings. The minimum absolute atomic E-state index is 0.0589. The molecule has 11 heteroatoms. The summed E-state index contributed by atoms with van der Waals surface area (Å²) >= 11 is 6.03. The summed E-state index contributed by atoms with van der Waals surface area (Å²) in [5.41, 5.74) is 3.37. The Hall–Kier alpha value is -3.70. The van der Waals surface area contributed by atoms with Crippen molar-refractivity contribution in [2.45, 2.75) is 57.1 Å². The second kappa shape index (κ2) is 10.2. The Balaban J connectivity index is 1.10. The number of piperidine rings is 1. The van der Waals surface area contributed by atoms with Gasteiger partial charge in [0.15, 0.2) is 23.9 Å². The number of benzene rings is 2. The molecule has 0 bridgehead atoms. The van der Waals surface area contributed by atoms with Gasteiger partial charge in [0.05, 0.1) is 34.3 Å². The van der Waals surface area contributed by atoms with E-state index in [0.29, 0.717) is 48.2 Å². The number of aromatic carboxylic acids is 1. The van der Waals surface area contributed by atoms with E-state index in [4.69, 9.17) is 30.8 Å². The quantitative estimate of drug-likeness (QED) is 0.271. The van der Waals surface area contributed by atoms with Crippen LogP contribution in [0.1, 0.15) is 59.5 Å². The van der Waals surface area contributed by atoms with Crippen LogP contribution in [0.15, 0.2) is 54.7 Å². The molecule has 0 aliphatic carbocycles. The van der Waals surface area contributed by atoms with Crippen LogP contribution in [-0.4, -0.2) is 61.3 Å². The molecule has 2 aromatic heterocycles. The zero-order valence-electron chi connectivity index (χ0n) is 23.2. The lowest BCUT2D eigenvalue weighted by molar-refractivity contribution is -1.12. The largest absolute Gasteiger partial charge is 0.478 e. The number of ether oxygens (including phenoxy) is 3. The van der Waals surface area contributed by atoms with E-state index in [-0.39, 0.29) is 22.2 Å². The topological polar surface area (TPSA) is 116 Å². The molecule has 42 heavy (non-hydrogen) atoms. The SMILES string of the molecule is C[C@]1(c2ccc(Cl)cn2)Oc2cccc(C3CC[N+](O)(Cc4nc5ccc(C(=O)O)cc5n4C[C@@H]4CCO4)CC3)c2O1. The van der Waals surface area contributed by atoms with Gasteiger partial charge in [-0.3, -0.25) is 4.98 Å². The number of imidazole rings is 1. The van der Waals surface area contributed by atoms with Gasteiger partial charge in [0.1, 0.15) is 18.8 Å². The third-order valence-electron chi connectivity index (χ3n) is 8.72. The number of fused-ring (bicyclic) bond motifs is 2. The number of rotatable bonds is 7. The fourth-order valence-electron chi connectivity index (χ4n) is 6.26. The summed E-state index contributed by atoms with van der Waals surface area (Å²) in [4.78, 5) is 20.9. The van der Waals surface area contributed by atoms with Crippen molar-refractivity contribution >= 4 is 28.6 Å². The highest BCUT2D eigenvalue weighted by Gasteiger charge is 2.43. The Morgan fingerprint density at radius 2 is 1.95 bits per heavy atom. The number of aromatic nitrogens is 3. The fourth-order valence-corrected chi connectivity index (χ4v) is 6.37. The number of hydroxylamine groups is 3. The third kappa shape index (κ3) is 4.88. The van der Waals surface area contributed by atoms with Gasteiger partial charge < -0.3 is 23.9 Å². The molecule has 7 rings (SSSR count). The van der Waals surface area contributed by atoms with Gasteiger partial charge in [0, 0.05) is 38.1 Å². The summed E-state index contributed by atoms with van der Waals surface area (Å²) in [6, 6.07) is 14.5. The highest BCUT2D eigenvalue weighted by Crippen LogP contribution is 2.49. The van der Waals surface area contributed by atoms with Gasteiger partial charge in [-0.2, -0.15) is 4.65 Å². The van der Waals surface area contributed by atoms with Gasteiger partial charge in [0.2, 0.25) is 0 Å². The molecule has 4 aromatic rings. The van der Waals surface area contributed by atoms with E-state index in [0.717, 1.165) is 48.5 Å². The van der Waals surface area contributed by atoms with Crippen LogP contribution in [0.5, 0.6) is 11.5 Å². The number of carbonyl (C=O) groups is 1. The van der Waals surface area contributed by atoms with Crippen molar-refractivity contribution < 1.29 is 34.0 Å². The van der Waals surface area contributed by atoms with E-state index in [1.807, 2.05) is 23.6 Å². The minimum atomic E-state index is -1.06. The zero-order chi connectivity index (χ0) is 29.1. The van der Waals surface area contributed by atoms with Crippen molar-refractivity contribution in [3.8, 4) is 11.5 Å². The summed E-state index contributed by atoms with van der Waals surface area (Å²) in [6.45, 7) is 4.55. The number of carboxylic acid groups (broad SMARTS) is 1. The second-order valence-corrected chi connectivity index (χ2v) is 12.0. The van der Waals surface area contributed by atoms with Gasteiger partial charge in [-0.15, -0.1) is 0 Å². The van der Waals surface area contributed by atoms with Gasteiger partial charge in [0.25, 0.3) is 5.79 Å².